The van der Waals surface area contributed by atoms with Crippen molar-refractivity contribution in [2.75, 3.05) is 11.9 Å². The minimum Gasteiger partial charge on any atom is -0.462 e. The molecule has 0 aliphatic heterocycles. The molecule has 0 atom stereocenters. The van der Waals surface area contributed by atoms with Crippen molar-refractivity contribution in [3.8, 4) is 0 Å². The molecular weight excluding hydrogens is 336 g/mol. The third-order valence-corrected chi connectivity index (χ3v) is 4.64. The summed E-state index contributed by atoms with van der Waals surface area (Å²) in [5, 5.41) is 4.81. The first-order chi connectivity index (χ1) is 11.5. The molecule has 1 amide bonds. The topological polar surface area (TPSA) is 55.4 Å². The molecule has 0 unspecified atom stereocenters. The molecule has 0 radical (unpaired) electrons. The van der Waals surface area contributed by atoms with Crippen molar-refractivity contribution in [3.05, 3.63) is 51.9 Å². The number of anilines is 1. The highest BCUT2D eigenvalue weighted by Gasteiger charge is 2.32. The number of carbonyl (C=O) groups excluding carboxylic acids is 2. The lowest BCUT2D eigenvalue weighted by molar-refractivity contribution is 0.0527. The maximum Gasteiger partial charge on any atom is 0.341 e. The minimum atomic E-state index is -1.10. The van der Waals surface area contributed by atoms with Crippen LogP contribution in [0.2, 0.25) is 0 Å². The normalized spacial score (nSPS) is 13.6. The number of thiophene rings is 1. The summed E-state index contributed by atoms with van der Waals surface area (Å²) >= 11 is 1.23. The van der Waals surface area contributed by atoms with E-state index in [1.807, 2.05) is 5.38 Å². The number of esters is 1. The highest BCUT2D eigenvalue weighted by Crippen LogP contribution is 2.46. The lowest BCUT2D eigenvalue weighted by atomic mass is 10.1. The number of amides is 1. The first kappa shape index (κ1) is 16.6. The van der Waals surface area contributed by atoms with E-state index < -0.39 is 23.5 Å². The first-order valence-corrected chi connectivity index (χ1v) is 8.44. The second kappa shape index (κ2) is 6.68. The molecule has 1 aromatic carbocycles. The zero-order valence-corrected chi connectivity index (χ0v) is 13.7. The highest BCUT2D eigenvalue weighted by atomic mass is 32.1. The van der Waals surface area contributed by atoms with Crippen LogP contribution in [0.15, 0.2) is 23.6 Å². The Hall–Kier alpha value is -2.28. The lowest BCUT2D eigenvalue weighted by Gasteiger charge is -2.08. The molecule has 24 heavy (non-hydrogen) atoms. The van der Waals surface area contributed by atoms with Gasteiger partial charge in [-0.25, -0.2) is 13.6 Å². The van der Waals surface area contributed by atoms with Crippen LogP contribution in [0.1, 0.15) is 52.0 Å². The van der Waals surface area contributed by atoms with E-state index in [2.05, 4.69) is 5.32 Å². The predicted octanol–water partition coefficient (Wildman–Crippen LogP) is 4.33. The summed E-state index contributed by atoms with van der Waals surface area (Å²) in [5.74, 6) is -2.90. The Morgan fingerprint density at radius 3 is 2.67 bits per heavy atom. The molecule has 1 heterocycles. The summed E-state index contributed by atoms with van der Waals surface area (Å²) in [6.45, 7) is 1.94. The van der Waals surface area contributed by atoms with Crippen LogP contribution in [-0.2, 0) is 4.74 Å². The Morgan fingerprint density at radius 2 is 2.04 bits per heavy atom. The third kappa shape index (κ3) is 3.31. The maximum absolute atomic E-state index is 13.3. The standard InChI is InChI=1S/C17H15F2NO3S/c1-2-23-17(22)14-11(9-3-4-9)8-24-16(14)20-15(21)10-5-6-12(18)13(19)7-10/h5-9H,2-4H2,1H3,(H,20,21). The van der Waals surface area contributed by atoms with Gasteiger partial charge in [0.2, 0.25) is 0 Å². The fraction of sp³-hybridized carbons (Fsp3) is 0.294. The van der Waals surface area contributed by atoms with Crippen molar-refractivity contribution in [1.29, 1.82) is 0 Å². The van der Waals surface area contributed by atoms with E-state index in [1.165, 1.54) is 17.4 Å². The van der Waals surface area contributed by atoms with Gasteiger partial charge in [0.15, 0.2) is 11.6 Å². The fourth-order valence-electron chi connectivity index (χ4n) is 2.38. The van der Waals surface area contributed by atoms with E-state index in [4.69, 9.17) is 4.74 Å². The number of hydrogen-bond donors (Lipinski definition) is 1. The van der Waals surface area contributed by atoms with Crippen LogP contribution in [0, 0.1) is 11.6 Å². The average Bonchev–Trinajstić information content (AvgIpc) is 3.31. The number of nitrogens with one attached hydrogen (secondary N) is 1. The van der Waals surface area contributed by atoms with Gasteiger partial charge in [-0.3, -0.25) is 4.79 Å². The number of halogens is 2. The summed E-state index contributed by atoms with van der Waals surface area (Å²) in [7, 11) is 0. The van der Waals surface area contributed by atoms with Crippen molar-refractivity contribution in [2.24, 2.45) is 0 Å². The maximum atomic E-state index is 13.3. The van der Waals surface area contributed by atoms with Gasteiger partial charge in [-0.1, -0.05) is 0 Å². The van der Waals surface area contributed by atoms with Crippen LogP contribution in [0.5, 0.6) is 0 Å². The zero-order valence-electron chi connectivity index (χ0n) is 12.9. The molecule has 4 nitrogen and oxygen atoms in total. The zero-order chi connectivity index (χ0) is 17.3. The summed E-state index contributed by atoms with van der Waals surface area (Å²) in [6.07, 6.45) is 2.00. The Labute approximate surface area is 141 Å². The van der Waals surface area contributed by atoms with Crippen molar-refractivity contribution in [2.45, 2.75) is 25.7 Å². The monoisotopic (exact) mass is 351 g/mol. The van der Waals surface area contributed by atoms with Crippen molar-refractivity contribution < 1.29 is 23.1 Å². The van der Waals surface area contributed by atoms with E-state index in [-0.39, 0.29) is 12.2 Å². The molecule has 126 valence electrons. The van der Waals surface area contributed by atoms with E-state index in [0.717, 1.165) is 30.5 Å². The quantitative estimate of drug-likeness (QED) is 0.816. The van der Waals surface area contributed by atoms with Crippen LogP contribution in [-0.4, -0.2) is 18.5 Å². The fourth-order valence-corrected chi connectivity index (χ4v) is 3.41. The molecule has 2 aromatic rings. The van der Waals surface area contributed by atoms with E-state index in [1.54, 1.807) is 6.92 Å². The summed E-state index contributed by atoms with van der Waals surface area (Å²) in [5.41, 5.74) is 1.21. The summed E-state index contributed by atoms with van der Waals surface area (Å²) < 4.78 is 31.3. The summed E-state index contributed by atoms with van der Waals surface area (Å²) in [6, 6.07) is 2.90. The van der Waals surface area contributed by atoms with Crippen LogP contribution in [0.25, 0.3) is 0 Å². The van der Waals surface area contributed by atoms with E-state index >= 15 is 0 Å². The second-order valence-corrected chi connectivity index (χ2v) is 6.35. The molecule has 7 heteroatoms. The minimum absolute atomic E-state index is 0.0231. The van der Waals surface area contributed by atoms with Gasteiger partial charge < -0.3 is 10.1 Å². The molecule has 0 saturated heterocycles. The van der Waals surface area contributed by atoms with Gasteiger partial charge in [0, 0.05) is 5.56 Å². The Bertz CT molecular complexity index is 799. The van der Waals surface area contributed by atoms with Crippen LogP contribution < -0.4 is 5.32 Å². The second-order valence-electron chi connectivity index (χ2n) is 5.47. The first-order valence-electron chi connectivity index (χ1n) is 7.56. The van der Waals surface area contributed by atoms with Gasteiger partial charge in [-0.2, -0.15) is 0 Å². The smallest absolute Gasteiger partial charge is 0.341 e. The lowest BCUT2D eigenvalue weighted by Crippen LogP contribution is -2.15. The molecule has 1 N–H and O–H groups in total. The van der Waals surface area contributed by atoms with Crippen molar-refractivity contribution >= 4 is 28.2 Å². The Morgan fingerprint density at radius 1 is 1.29 bits per heavy atom. The third-order valence-electron chi connectivity index (χ3n) is 3.73. The highest BCUT2D eigenvalue weighted by molar-refractivity contribution is 7.15. The number of benzene rings is 1. The largest absolute Gasteiger partial charge is 0.462 e. The molecule has 0 bridgehead atoms. The van der Waals surface area contributed by atoms with Crippen LogP contribution >= 0.6 is 11.3 Å². The van der Waals surface area contributed by atoms with Gasteiger partial charge in [0.05, 0.1) is 12.2 Å². The van der Waals surface area contributed by atoms with E-state index in [0.29, 0.717) is 16.5 Å². The van der Waals surface area contributed by atoms with Gasteiger partial charge in [-0.05, 0) is 54.8 Å². The van der Waals surface area contributed by atoms with Gasteiger partial charge in [0.1, 0.15) is 5.00 Å². The van der Waals surface area contributed by atoms with Crippen molar-refractivity contribution in [1.82, 2.24) is 0 Å². The molecule has 1 saturated carbocycles. The molecule has 1 aromatic heterocycles. The van der Waals surface area contributed by atoms with Gasteiger partial charge in [0.25, 0.3) is 5.91 Å². The number of carbonyl (C=O) groups is 2. The SMILES string of the molecule is CCOC(=O)c1c(C2CC2)csc1NC(=O)c1ccc(F)c(F)c1. The Kier molecular flexibility index (Phi) is 4.62. The Balaban J connectivity index is 1.87. The molecule has 3 rings (SSSR count). The van der Waals surface area contributed by atoms with E-state index in [9.17, 15) is 18.4 Å². The predicted molar refractivity (Wildman–Crippen MR) is 86.6 cm³/mol. The molecular formula is C17H15F2NO3S. The summed E-state index contributed by atoms with van der Waals surface area (Å²) in [4.78, 5) is 24.5. The number of ether oxygens (including phenoxy) is 1. The average molecular weight is 351 g/mol. The molecule has 1 fully saturated rings. The molecule has 0 spiro atoms. The van der Waals surface area contributed by atoms with Crippen LogP contribution in [0.4, 0.5) is 13.8 Å². The van der Waals surface area contributed by atoms with Crippen LogP contribution in [0.3, 0.4) is 0 Å². The number of hydrogen-bond acceptors (Lipinski definition) is 4. The number of rotatable bonds is 5. The molecule has 1 aliphatic rings. The van der Waals surface area contributed by atoms with Crippen molar-refractivity contribution in [3.63, 3.8) is 0 Å². The van der Waals surface area contributed by atoms with Gasteiger partial charge in [-0.15, -0.1) is 11.3 Å². The molecule has 1 aliphatic carbocycles. The van der Waals surface area contributed by atoms with Gasteiger partial charge >= 0.3 is 5.97 Å².